The minimum Gasteiger partial charge on any atom is -0.303 e. The van der Waals surface area contributed by atoms with Gasteiger partial charge in [-0.25, -0.2) is 0 Å². The van der Waals surface area contributed by atoms with Crippen LogP contribution in [0.4, 0.5) is 0 Å². The van der Waals surface area contributed by atoms with Gasteiger partial charge in [-0.2, -0.15) is 0 Å². The van der Waals surface area contributed by atoms with Crippen molar-refractivity contribution in [2.24, 2.45) is 5.92 Å². The zero-order valence-electron chi connectivity index (χ0n) is 11.0. The molecule has 0 radical (unpaired) electrons. The number of benzene rings is 1. The molecule has 0 aliphatic carbocycles. The molecule has 0 aromatic heterocycles. The molecule has 100 valence electrons. The standard InChI is InChI=1S/C15H21NO.ClH/c1-13-6-5-10-16(12-13)11-9-15(17)14-7-3-2-4-8-14;/h2-4,7-8,13H,5-6,9-12H2,1H3;1H. The van der Waals surface area contributed by atoms with Crippen LogP contribution in [0.5, 0.6) is 0 Å². The van der Waals surface area contributed by atoms with E-state index in [-0.39, 0.29) is 18.2 Å². The molecule has 0 N–H and O–H groups in total. The Hall–Kier alpha value is -0.860. The maximum Gasteiger partial charge on any atom is 0.164 e. The van der Waals surface area contributed by atoms with E-state index in [1.54, 1.807) is 0 Å². The first-order valence-corrected chi connectivity index (χ1v) is 6.56. The zero-order chi connectivity index (χ0) is 12.1. The molecule has 1 saturated heterocycles. The second-order valence-electron chi connectivity index (χ2n) is 5.09. The van der Waals surface area contributed by atoms with Crippen molar-refractivity contribution < 1.29 is 4.79 Å². The average molecular weight is 268 g/mol. The Kier molecular flexibility index (Phi) is 6.37. The van der Waals surface area contributed by atoms with Crippen molar-refractivity contribution in [2.45, 2.75) is 26.2 Å². The van der Waals surface area contributed by atoms with Gasteiger partial charge < -0.3 is 4.90 Å². The fraction of sp³-hybridized carbons (Fsp3) is 0.533. The number of carbonyl (C=O) groups is 1. The zero-order valence-corrected chi connectivity index (χ0v) is 11.8. The van der Waals surface area contributed by atoms with Gasteiger partial charge in [-0.1, -0.05) is 37.3 Å². The number of likely N-dealkylation sites (tertiary alicyclic amines) is 1. The van der Waals surface area contributed by atoms with Gasteiger partial charge >= 0.3 is 0 Å². The summed E-state index contributed by atoms with van der Waals surface area (Å²) in [5, 5.41) is 0. The van der Waals surface area contributed by atoms with Gasteiger partial charge in [0.15, 0.2) is 5.78 Å². The van der Waals surface area contributed by atoms with Crippen LogP contribution in [0.2, 0.25) is 0 Å². The van der Waals surface area contributed by atoms with Crippen LogP contribution in [0.1, 0.15) is 36.5 Å². The van der Waals surface area contributed by atoms with E-state index < -0.39 is 0 Å². The van der Waals surface area contributed by atoms with Crippen molar-refractivity contribution in [3.05, 3.63) is 35.9 Å². The molecule has 1 aliphatic rings. The molecular formula is C15H22ClNO. The third-order valence-electron chi connectivity index (χ3n) is 3.49. The number of halogens is 1. The van der Waals surface area contributed by atoms with Crippen LogP contribution >= 0.6 is 12.4 Å². The summed E-state index contributed by atoms with van der Waals surface area (Å²) >= 11 is 0. The SMILES string of the molecule is CC1CCCN(CCC(=O)c2ccccc2)C1.Cl. The Morgan fingerprint density at radius 3 is 2.72 bits per heavy atom. The van der Waals surface area contributed by atoms with Crippen LogP contribution in [0.25, 0.3) is 0 Å². The summed E-state index contributed by atoms with van der Waals surface area (Å²) in [6.07, 6.45) is 3.26. The molecule has 1 aromatic rings. The minimum absolute atomic E-state index is 0. The van der Waals surface area contributed by atoms with Gasteiger partial charge in [-0.3, -0.25) is 4.79 Å². The van der Waals surface area contributed by atoms with Crippen molar-refractivity contribution in [1.29, 1.82) is 0 Å². The van der Waals surface area contributed by atoms with Crippen LogP contribution < -0.4 is 0 Å². The van der Waals surface area contributed by atoms with Crippen molar-refractivity contribution in [3.8, 4) is 0 Å². The number of carbonyl (C=O) groups excluding carboxylic acids is 1. The van der Waals surface area contributed by atoms with Gasteiger partial charge in [0, 0.05) is 25.1 Å². The topological polar surface area (TPSA) is 20.3 Å². The van der Waals surface area contributed by atoms with Gasteiger partial charge in [0.2, 0.25) is 0 Å². The molecule has 0 spiro atoms. The van der Waals surface area contributed by atoms with Gasteiger partial charge in [-0.05, 0) is 25.3 Å². The lowest BCUT2D eigenvalue weighted by molar-refractivity contribution is 0.0949. The Labute approximate surface area is 116 Å². The summed E-state index contributed by atoms with van der Waals surface area (Å²) in [5.41, 5.74) is 0.845. The molecule has 1 atom stereocenters. The van der Waals surface area contributed by atoms with Crippen molar-refractivity contribution in [1.82, 2.24) is 4.90 Å². The van der Waals surface area contributed by atoms with E-state index in [1.165, 1.54) is 12.8 Å². The number of ketones is 1. The van der Waals surface area contributed by atoms with Crippen LogP contribution in [0, 0.1) is 5.92 Å². The number of Topliss-reactive ketones (excluding diaryl/α,β-unsaturated/α-hetero) is 1. The molecule has 0 amide bonds. The van der Waals surface area contributed by atoms with Gasteiger partial charge in [-0.15, -0.1) is 12.4 Å². The monoisotopic (exact) mass is 267 g/mol. The Balaban J connectivity index is 0.00000162. The quantitative estimate of drug-likeness (QED) is 0.779. The molecular weight excluding hydrogens is 246 g/mol. The first-order valence-electron chi connectivity index (χ1n) is 6.56. The van der Waals surface area contributed by atoms with Crippen LogP contribution in [0.15, 0.2) is 30.3 Å². The number of rotatable bonds is 4. The molecule has 0 bridgehead atoms. The van der Waals surface area contributed by atoms with E-state index in [2.05, 4.69) is 11.8 Å². The molecule has 1 aromatic carbocycles. The molecule has 1 fully saturated rings. The van der Waals surface area contributed by atoms with E-state index in [9.17, 15) is 4.79 Å². The number of hydrogen-bond acceptors (Lipinski definition) is 2. The fourth-order valence-corrected chi connectivity index (χ4v) is 2.52. The van der Waals surface area contributed by atoms with E-state index in [4.69, 9.17) is 0 Å². The van der Waals surface area contributed by atoms with Crippen LogP contribution in [0.3, 0.4) is 0 Å². The molecule has 1 unspecified atom stereocenters. The predicted molar refractivity (Wildman–Crippen MR) is 77.5 cm³/mol. The highest BCUT2D eigenvalue weighted by atomic mass is 35.5. The highest BCUT2D eigenvalue weighted by Gasteiger charge is 2.16. The Morgan fingerprint density at radius 2 is 2.06 bits per heavy atom. The number of hydrogen-bond donors (Lipinski definition) is 0. The van der Waals surface area contributed by atoms with Crippen molar-refractivity contribution >= 4 is 18.2 Å². The highest BCUT2D eigenvalue weighted by Crippen LogP contribution is 2.16. The third kappa shape index (κ3) is 4.43. The van der Waals surface area contributed by atoms with Crippen molar-refractivity contribution in [2.75, 3.05) is 19.6 Å². The van der Waals surface area contributed by atoms with Crippen molar-refractivity contribution in [3.63, 3.8) is 0 Å². The van der Waals surface area contributed by atoms with E-state index in [0.717, 1.165) is 31.1 Å². The van der Waals surface area contributed by atoms with E-state index in [0.29, 0.717) is 6.42 Å². The molecule has 2 nitrogen and oxygen atoms in total. The highest BCUT2D eigenvalue weighted by molar-refractivity contribution is 5.96. The molecule has 3 heteroatoms. The maximum atomic E-state index is 11.9. The largest absolute Gasteiger partial charge is 0.303 e. The lowest BCUT2D eigenvalue weighted by atomic mass is 9.99. The first kappa shape index (κ1) is 15.2. The summed E-state index contributed by atoms with van der Waals surface area (Å²) in [6.45, 7) is 5.53. The smallest absolute Gasteiger partial charge is 0.164 e. The number of piperidine rings is 1. The fourth-order valence-electron chi connectivity index (χ4n) is 2.52. The molecule has 18 heavy (non-hydrogen) atoms. The van der Waals surface area contributed by atoms with Gasteiger partial charge in [0.05, 0.1) is 0 Å². The molecule has 2 rings (SSSR count). The number of nitrogens with zero attached hydrogens (tertiary/aromatic N) is 1. The summed E-state index contributed by atoms with van der Waals surface area (Å²) in [4.78, 5) is 14.4. The van der Waals surface area contributed by atoms with Crippen LogP contribution in [-0.2, 0) is 0 Å². The molecule has 0 saturated carbocycles. The third-order valence-corrected chi connectivity index (χ3v) is 3.49. The predicted octanol–water partition coefficient (Wildman–Crippen LogP) is 3.41. The minimum atomic E-state index is 0. The molecule has 1 aliphatic heterocycles. The van der Waals surface area contributed by atoms with E-state index in [1.807, 2.05) is 30.3 Å². The Bertz CT molecular complexity index is 366. The molecule has 1 heterocycles. The van der Waals surface area contributed by atoms with Gasteiger partial charge in [0.25, 0.3) is 0 Å². The van der Waals surface area contributed by atoms with Crippen LogP contribution in [-0.4, -0.2) is 30.3 Å². The summed E-state index contributed by atoms with van der Waals surface area (Å²) in [7, 11) is 0. The van der Waals surface area contributed by atoms with Gasteiger partial charge in [0.1, 0.15) is 0 Å². The summed E-state index contributed by atoms with van der Waals surface area (Å²) in [6, 6.07) is 9.61. The lowest BCUT2D eigenvalue weighted by Gasteiger charge is -2.30. The summed E-state index contributed by atoms with van der Waals surface area (Å²) < 4.78 is 0. The average Bonchev–Trinajstić information content (AvgIpc) is 2.37. The lowest BCUT2D eigenvalue weighted by Crippen LogP contribution is -2.35. The second-order valence-corrected chi connectivity index (χ2v) is 5.09. The normalized spacial score (nSPS) is 20.2. The van der Waals surface area contributed by atoms with E-state index >= 15 is 0 Å². The second kappa shape index (κ2) is 7.55. The first-order chi connectivity index (χ1) is 8.25. The Morgan fingerprint density at radius 1 is 1.33 bits per heavy atom. The maximum absolute atomic E-state index is 11.9. The summed E-state index contributed by atoms with van der Waals surface area (Å²) in [5.74, 6) is 1.06.